The molecule has 1 aliphatic rings. The van der Waals surface area contributed by atoms with E-state index in [-0.39, 0.29) is 12.5 Å². The number of anilines is 1. The Balaban J connectivity index is 2.44. The van der Waals surface area contributed by atoms with Crippen LogP contribution >= 0.6 is 15.9 Å². The molecule has 0 atom stereocenters. The van der Waals surface area contributed by atoms with Crippen molar-refractivity contribution in [2.75, 3.05) is 11.9 Å². The van der Waals surface area contributed by atoms with Crippen LogP contribution in [0.25, 0.3) is 0 Å². The molecule has 1 aromatic rings. The summed E-state index contributed by atoms with van der Waals surface area (Å²) in [6.45, 7) is 0.245. The van der Waals surface area contributed by atoms with Crippen molar-refractivity contribution in [1.29, 1.82) is 0 Å². The molecule has 1 aliphatic heterocycles. The summed E-state index contributed by atoms with van der Waals surface area (Å²) < 4.78 is 5.88. The maximum atomic E-state index is 10.8. The van der Waals surface area contributed by atoms with Crippen molar-refractivity contribution < 1.29 is 9.53 Å². The standard InChI is InChI=1S/C8H6BrNO2/c9-5-1-2-6-7(3-5)12-8(11)4-10-6/h1-3,10H,4H2. The molecule has 0 unspecified atom stereocenters. The van der Waals surface area contributed by atoms with Crippen molar-refractivity contribution >= 4 is 27.6 Å². The van der Waals surface area contributed by atoms with Gasteiger partial charge in [-0.15, -0.1) is 0 Å². The van der Waals surface area contributed by atoms with Crippen LogP contribution in [0.15, 0.2) is 22.7 Å². The fourth-order valence-electron chi connectivity index (χ4n) is 1.05. The highest BCUT2D eigenvalue weighted by atomic mass is 79.9. The number of benzene rings is 1. The number of hydrogen-bond donors (Lipinski definition) is 1. The Labute approximate surface area is 77.8 Å². The number of carbonyl (C=O) groups excluding carboxylic acids is 1. The average Bonchev–Trinajstić information content (AvgIpc) is 2.03. The molecule has 1 aromatic carbocycles. The van der Waals surface area contributed by atoms with Crippen LogP contribution in [0.4, 0.5) is 5.69 Å². The lowest BCUT2D eigenvalue weighted by molar-refractivity contribution is -0.132. The van der Waals surface area contributed by atoms with E-state index in [1.807, 2.05) is 12.1 Å². The first-order valence-electron chi connectivity index (χ1n) is 3.50. The molecule has 1 N–H and O–H groups in total. The Morgan fingerprint density at radius 1 is 1.50 bits per heavy atom. The second-order valence-electron chi connectivity index (χ2n) is 2.47. The third-order valence-electron chi connectivity index (χ3n) is 1.59. The zero-order valence-electron chi connectivity index (χ0n) is 6.13. The van der Waals surface area contributed by atoms with Crippen molar-refractivity contribution in [1.82, 2.24) is 0 Å². The third-order valence-corrected chi connectivity index (χ3v) is 2.08. The van der Waals surface area contributed by atoms with E-state index in [9.17, 15) is 4.79 Å². The number of fused-ring (bicyclic) bond motifs is 1. The molecule has 0 saturated carbocycles. The quantitative estimate of drug-likeness (QED) is 0.543. The van der Waals surface area contributed by atoms with Gasteiger partial charge >= 0.3 is 5.97 Å². The maximum absolute atomic E-state index is 10.8. The van der Waals surface area contributed by atoms with Gasteiger partial charge in [-0.1, -0.05) is 15.9 Å². The minimum atomic E-state index is -0.249. The minimum Gasteiger partial charge on any atom is -0.423 e. The van der Waals surface area contributed by atoms with Crippen LogP contribution in [-0.4, -0.2) is 12.5 Å². The number of hydrogen-bond acceptors (Lipinski definition) is 3. The van der Waals surface area contributed by atoms with Gasteiger partial charge in [0, 0.05) is 4.47 Å². The van der Waals surface area contributed by atoms with Gasteiger partial charge in [0.15, 0.2) is 5.75 Å². The summed E-state index contributed by atoms with van der Waals surface area (Å²) in [5.41, 5.74) is 0.859. The number of esters is 1. The van der Waals surface area contributed by atoms with Gasteiger partial charge in [0.05, 0.1) is 5.69 Å². The summed E-state index contributed by atoms with van der Waals surface area (Å²) >= 11 is 3.29. The van der Waals surface area contributed by atoms with Crippen LogP contribution in [0, 0.1) is 0 Å². The highest BCUT2D eigenvalue weighted by Gasteiger charge is 2.15. The number of halogens is 1. The molecule has 3 nitrogen and oxygen atoms in total. The molecule has 0 spiro atoms. The zero-order valence-corrected chi connectivity index (χ0v) is 7.72. The Hall–Kier alpha value is -1.03. The van der Waals surface area contributed by atoms with E-state index in [1.165, 1.54) is 0 Å². The molecule has 0 aliphatic carbocycles. The van der Waals surface area contributed by atoms with Gasteiger partial charge in [-0.2, -0.15) is 0 Å². The van der Waals surface area contributed by atoms with Gasteiger partial charge in [-0.05, 0) is 18.2 Å². The largest absolute Gasteiger partial charge is 0.423 e. The Bertz CT molecular complexity index is 338. The molecular weight excluding hydrogens is 222 g/mol. The Morgan fingerprint density at radius 2 is 2.33 bits per heavy atom. The lowest BCUT2D eigenvalue weighted by Gasteiger charge is -2.16. The zero-order chi connectivity index (χ0) is 8.55. The van der Waals surface area contributed by atoms with Gasteiger partial charge in [-0.3, -0.25) is 0 Å². The fraction of sp³-hybridized carbons (Fsp3) is 0.125. The van der Waals surface area contributed by atoms with Crippen molar-refractivity contribution in [3.8, 4) is 5.75 Å². The normalized spacial score (nSPS) is 14.6. The molecule has 62 valence electrons. The van der Waals surface area contributed by atoms with Gasteiger partial charge < -0.3 is 10.1 Å². The summed E-state index contributed by atoms with van der Waals surface area (Å²) in [6, 6.07) is 5.52. The molecule has 1 heterocycles. The van der Waals surface area contributed by atoms with Crippen molar-refractivity contribution in [2.24, 2.45) is 0 Å². The topological polar surface area (TPSA) is 38.3 Å². The van der Waals surface area contributed by atoms with E-state index in [0.29, 0.717) is 5.75 Å². The van der Waals surface area contributed by atoms with Gasteiger partial charge in [0.1, 0.15) is 6.54 Å². The second kappa shape index (κ2) is 2.79. The molecule has 0 bridgehead atoms. The smallest absolute Gasteiger partial charge is 0.330 e. The van der Waals surface area contributed by atoms with Crippen molar-refractivity contribution in [3.63, 3.8) is 0 Å². The van der Waals surface area contributed by atoms with E-state index in [2.05, 4.69) is 21.2 Å². The summed E-state index contributed by atoms with van der Waals surface area (Å²) in [4.78, 5) is 10.8. The fourth-order valence-corrected chi connectivity index (χ4v) is 1.39. The van der Waals surface area contributed by atoms with Crippen LogP contribution in [-0.2, 0) is 4.79 Å². The summed E-state index contributed by atoms with van der Waals surface area (Å²) in [5.74, 6) is 0.334. The average molecular weight is 228 g/mol. The van der Waals surface area contributed by atoms with E-state index >= 15 is 0 Å². The van der Waals surface area contributed by atoms with Gasteiger partial charge in [0.2, 0.25) is 0 Å². The summed E-state index contributed by atoms with van der Waals surface area (Å²) in [5, 5.41) is 2.94. The van der Waals surface area contributed by atoms with Crippen LogP contribution in [0.5, 0.6) is 5.75 Å². The van der Waals surface area contributed by atoms with E-state index in [0.717, 1.165) is 10.2 Å². The number of ether oxygens (including phenoxy) is 1. The van der Waals surface area contributed by atoms with E-state index in [4.69, 9.17) is 4.74 Å². The first-order chi connectivity index (χ1) is 5.75. The molecular formula is C8H6BrNO2. The third kappa shape index (κ3) is 1.30. The molecule has 4 heteroatoms. The molecule has 0 saturated heterocycles. The van der Waals surface area contributed by atoms with Crippen LogP contribution in [0.1, 0.15) is 0 Å². The first kappa shape index (κ1) is 7.61. The van der Waals surface area contributed by atoms with Gasteiger partial charge in [0.25, 0.3) is 0 Å². The van der Waals surface area contributed by atoms with E-state index < -0.39 is 0 Å². The second-order valence-corrected chi connectivity index (χ2v) is 3.38. The highest BCUT2D eigenvalue weighted by molar-refractivity contribution is 9.10. The predicted molar refractivity (Wildman–Crippen MR) is 48.3 cm³/mol. The maximum Gasteiger partial charge on any atom is 0.330 e. The van der Waals surface area contributed by atoms with Crippen LogP contribution < -0.4 is 10.1 Å². The summed E-state index contributed by atoms with van der Waals surface area (Å²) in [7, 11) is 0. The van der Waals surface area contributed by atoms with Crippen LogP contribution in [0.3, 0.4) is 0 Å². The van der Waals surface area contributed by atoms with Crippen LogP contribution in [0.2, 0.25) is 0 Å². The summed E-state index contributed by atoms with van der Waals surface area (Å²) in [6.07, 6.45) is 0. The Kier molecular flexibility index (Phi) is 1.77. The van der Waals surface area contributed by atoms with E-state index in [1.54, 1.807) is 6.07 Å². The monoisotopic (exact) mass is 227 g/mol. The van der Waals surface area contributed by atoms with Crippen molar-refractivity contribution in [3.05, 3.63) is 22.7 Å². The molecule has 0 fully saturated rings. The predicted octanol–water partition coefficient (Wildman–Crippen LogP) is 1.78. The lowest BCUT2D eigenvalue weighted by Crippen LogP contribution is -2.24. The SMILES string of the molecule is O=C1CNc2ccc(Br)cc2O1. The Morgan fingerprint density at radius 3 is 3.17 bits per heavy atom. The highest BCUT2D eigenvalue weighted by Crippen LogP contribution is 2.30. The van der Waals surface area contributed by atoms with Gasteiger partial charge in [-0.25, -0.2) is 4.79 Å². The first-order valence-corrected chi connectivity index (χ1v) is 4.29. The lowest BCUT2D eigenvalue weighted by atomic mass is 10.2. The number of carbonyl (C=O) groups is 1. The minimum absolute atomic E-state index is 0.245. The molecule has 0 radical (unpaired) electrons. The number of rotatable bonds is 0. The molecule has 2 rings (SSSR count). The molecule has 0 amide bonds. The van der Waals surface area contributed by atoms with Crippen molar-refractivity contribution in [2.45, 2.75) is 0 Å². The number of nitrogens with one attached hydrogen (secondary N) is 1. The molecule has 0 aromatic heterocycles. The molecule has 12 heavy (non-hydrogen) atoms.